The van der Waals surface area contributed by atoms with Crippen LogP contribution < -0.4 is 10.6 Å². The van der Waals surface area contributed by atoms with Crippen LogP contribution in [0.4, 0.5) is 10.7 Å². The molecule has 1 heterocycles. The van der Waals surface area contributed by atoms with Crippen LogP contribution in [0.2, 0.25) is 0 Å². The summed E-state index contributed by atoms with van der Waals surface area (Å²) in [5.41, 5.74) is 5.59. The fraction of sp³-hybridized carbons (Fsp3) is 0.167. The van der Waals surface area contributed by atoms with Gasteiger partial charge in [-0.05, 0) is 55.7 Å². The molecule has 0 radical (unpaired) electrons. The molecule has 0 aliphatic heterocycles. The zero-order valence-corrected chi connectivity index (χ0v) is 22.5. The van der Waals surface area contributed by atoms with E-state index in [0.717, 1.165) is 27.1 Å². The molecule has 0 aliphatic rings. The van der Waals surface area contributed by atoms with Crippen molar-refractivity contribution in [1.29, 1.82) is 5.26 Å². The van der Waals surface area contributed by atoms with Crippen molar-refractivity contribution in [2.75, 3.05) is 10.6 Å². The molecule has 1 aromatic heterocycles. The zero-order valence-electron chi connectivity index (χ0n) is 20.9. The molecule has 0 spiro atoms. The number of nitriles is 1. The summed E-state index contributed by atoms with van der Waals surface area (Å²) in [7, 11) is 0. The van der Waals surface area contributed by atoms with Crippen LogP contribution in [0.15, 0.2) is 83.1 Å². The van der Waals surface area contributed by atoms with Crippen molar-refractivity contribution in [3.05, 3.63) is 100 Å². The first-order chi connectivity index (χ1) is 17.9. The Morgan fingerprint density at radius 3 is 2.46 bits per heavy atom. The summed E-state index contributed by atoms with van der Waals surface area (Å²) >= 11 is 2.79. The Labute approximate surface area is 225 Å². The molecule has 1 atom stereocenters. The topological polar surface area (TPSA) is 82.0 Å². The van der Waals surface area contributed by atoms with Crippen LogP contribution >= 0.6 is 23.1 Å². The van der Waals surface area contributed by atoms with Crippen LogP contribution in [0.3, 0.4) is 0 Å². The monoisotopic (exact) mass is 525 g/mol. The predicted octanol–water partition coefficient (Wildman–Crippen LogP) is 7.67. The summed E-state index contributed by atoms with van der Waals surface area (Å²) < 4.78 is 0. The number of benzene rings is 3. The van der Waals surface area contributed by atoms with Crippen LogP contribution in [0, 0.1) is 25.2 Å². The lowest BCUT2D eigenvalue weighted by molar-refractivity contribution is -0.115. The van der Waals surface area contributed by atoms with E-state index in [1.165, 1.54) is 23.1 Å². The van der Waals surface area contributed by atoms with E-state index < -0.39 is 0 Å². The van der Waals surface area contributed by atoms with Gasteiger partial charge >= 0.3 is 0 Å². The van der Waals surface area contributed by atoms with Gasteiger partial charge in [0.1, 0.15) is 11.1 Å². The summed E-state index contributed by atoms with van der Waals surface area (Å²) in [6, 6.07) is 25.2. The molecule has 0 saturated heterocycles. The van der Waals surface area contributed by atoms with Crippen LogP contribution in [-0.2, 0) is 4.79 Å². The van der Waals surface area contributed by atoms with Crippen LogP contribution in [0.5, 0.6) is 0 Å². The van der Waals surface area contributed by atoms with Gasteiger partial charge < -0.3 is 10.6 Å². The molecular weight excluding hydrogens is 498 g/mol. The largest absolute Gasteiger partial charge is 0.322 e. The van der Waals surface area contributed by atoms with Crippen molar-refractivity contribution >= 4 is 45.6 Å². The Balaban J connectivity index is 1.46. The lowest BCUT2D eigenvalue weighted by Crippen LogP contribution is -2.24. The first kappa shape index (κ1) is 26.2. The lowest BCUT2D eigenvalue weighted by atomic mass is 10.0. The van der Waals surface area contributed by atoms with Crippen molar-refractivity contribution in [1.82, 2.24) is 0 Å². The summed E-state index contributed by atoms with van der Waals surface area (Å²) in [6.45, 7) is 5.88. The summed E-state index contributed by atoms with van der Waals surface area (Å²) in [4.78, 5) is 26.8. The fourth-order valence-electron chi connectivity index (χ4n) is 3.86. The Bertz CT molecular complexity index is 1470. The number of rotatable bonds is 8. The van der Waals surface area contributed by atoms with E-state index in [1.54, 1.807) is 6.07 Å². The van der Waals surface area contributed by atoms with Crippen LogP contribution in [-0.4, -0.2) is 17.1 Å². The number of thioether (sulfide) groups is 1. The number of thiophene rings is 1. The van der Waals surface area contributed by atoms with Crippen molar-refractivity contribution in [2.45, 2.75) is 37.3 Å². The van der Waals surface area contributed by atoms with Gasteiger partial charge in [-0.2, -0.15) is 5.26 Å². The standard InChI is InChI=1S/C30H27N3O2S2/c1-4-27(29(35)33-30-25(17-31)26(18-36-30)21-14-12-19(2)13-15-21)37-23-10-7-9-22(16-23)32-28(34)24-11-6-5-8-20(24)3/h5-16,18,27H,4H2,1-3H3,(H,32,34)(H,33,35). The molecule has 5 nitrogen and oxygen atoms in total. The van der Waals surface area contributed by atoms with Crippen molar-refractivity contribution in [3.8, 4) is 17.2 Å². The van der Waals surface area contributed by atoms with E-state index in [1.807, 2.05) is 92.9 Å². The normalized spacial score (nSPS) is 11.4. The highest BCUT2D eigenvalue weighted by molar-refractivity contribution is 8.00. The maximum Gasteiger partial charge on any atom is 0.255 e. The van der Waals surface area contributed by atoms with E-state index in [4.69, 9.17) is 0 Å². The van der Waals surface area contributed by atoms with E-state index >= 15 is 0 Å². The van der Waals surface area contributed by atoms with Gasteiger partial charge in [0.15, 0.2) is 0 Å². The molecule has 0 bridgehead atoms. The molecule has 7 heteroatoms. The molecule has 37 heavy (non-hydrogen) atoms. The van der Waals surface area contributed by atoms with Gasteiger partial charge in [-0.3, -0.25) is 9.59 Å². The summed E-state index contributed by atoms with van der Waals surface area (Å²) in [5.74, 6) is -0.327. The van der Waals surface area contributed by atoms with Gasteiger partial charge in [-0.1, -0.05) is 61.0 Å². The van der Waals surface area contributed by atoms with Crippen LogP contribution in [0.25, 0.3) is 11.1 Å². The SMILES string of the molecule is CCC(Sc1cccc(NC(=O)c2ccccc2C)c1)C(=O)Nc1scc(-c2ccc(C)cc2)c1C#N. The first-order valence-electron chi connectivity index (χ1n) is 11.9. The third kappa shape index (κ3) is 6.29. The number of carbonyl (C=O) groups is 2. The Kier molecular flexibility index (Phi) is 8.44. The van der Waals surface area contributed by atoms with Gasteiger partial charge in [0, 0.05) is 27.1 Å². The molecular formula is C30H27N3O2S2. The van der Waals surface area contributed by atoms with Gasteiger partial charge in [0.2, 0.25) is 5.91 Å². The molecule has 0 aliphatic carbocycles. The minimum absolute atomic E-state index is 0.157. The number of nitrogens with one attached hydrogen (secondary N) is 2. The number of amides is 2. The Morgan fingerprint density at radius 1 is 1.00 bits per heavy atom. The smallest absolute Gasteiger partial charge is 0.255 e. The van der Waals surface area contributed by atoms with Gasteiger partial charge in [0.05, 0.1) is 10.8 Å². The Hall–Kier alpha value is -3.86. The molecule has 0 fully saturated rings. The average Bonchev–Trinajstić information content (AvgIpc) is 3.30. The predicted molar refractivity (Wildman–Crippen MR) is 153 cm³/mol. The van der Waals surface area contributed by atoms with Crippen molar-refractivity contribution in [2.24, 2.45) is 0 Å². The second-order valence-corrected chi connectivity index (χ2v) is 10.8. The molecule has 186 valence electrons. The average molecular weight is 526 g/mol. The maximum absolute atomic E-state index is 13.2. The number of carbonyl (C=O) groups excluding carboxylic acids is 2. The minimum atomic E-state index is -0.362. The fourth-order valence-corrected chi connectivity index (χ4v) is 5.79. The highest BCUT2D eigenvalue weighted by Crippen LogP contribution is 2.36. The highest BCUT2D eigenvalue weighted by Gasteiger charge is 2.22. The molecule has 2 N–H and O–H groups in total. The van der Waals surface area contributed by atoms with Crippen LogP contribution in [0.1, 0.15) is 40.4 Å². The maximum atomic E-state index is 13.2. The number of aryl methyl sites for hydroxylation is 2. The van der Waals surface area contributed by atoms with E-state index in [9.17, 15) is 14.9 Å². The molecule has 0 saturated carbocycles. The zero-order chi connectivity index (χ0) is 26.4. The van der Waals surface area contributed by atoms with Gasteiger partial charge in [0.25, 0.3) is 5.91 Å². The van der Waals surface area contributed by atoms with E-state index in [0.29, 0.717) is 28.2 Å². The van der Waals surface area contributed by atoms with E-state index in [-0.39, 0.29) is 17.1 Å². The second kappa shape index (κ2) is 11.9. The highest BCUT2D eigenvalue weighted by atomic mass is 32.2. The third-order valence-corrected chi connectivity index (χ3v) is 8.18. The quantitative estimate of drug-likeness (QED) is 0.231. The summed E-state index contributed by atoms with van der Waals surface area (Å²) in [6.07, 6.45) is 0.606. The van der Waals surface area contributed by atoms with Gasteiger partial charge in [-0.25, -0.2) is 0 Å². The molecule has 2 amide bonds. The molecule has 4 aromatic rings. The second-order valence-electron chi connectivity index (χ2n) is 8.63. The lowest BCUT2D eigenvalue weighted by Gasteiger charge is -2.15. The Morgan fingerprint density at radius 2 is 1.76 bits per heavy atom. The van der Waals surface area contributed by atoms with E-state index in [2.05, 4.69) is 16.7 Å². The van der Waals surface area contributed by atoms with Crippen molar-refractivity contribution < 1.29 is 9.59 Å². The number of hydrogen-bond acceptors (Lipinski definition) is 5. The molecule has 3 aromatic carbocycles. The summed E-state index contributed by atoms with van der Waals surface area (Å²) in [5, 5.41) is 17.8. The molecule has 1 unspecified atom stereocenters. The first-order valence-corrected chi connectivity index (χ1v) is 13.7. The minimum Gasteiger partial charge on any atom is -0.322 e. The number of hydrogen-bond donors (Lipinski definition) is 2. The third-order valence-electron chi connectivity index (χ3n) is 5.93. The van der Waals surface area contributed by atoms with Gasteiger partial charge in [-0.15, -0.1) is 23.1 Å². The number of anilines is 2. The van der Waals surface area contributed by atoms with Crippen molar-refractivity contribution in [3.63, 3.8) is 0 Å². The molecule has 4 rings (SSSR count). The number of nitrogens with zero attached hydrogens (tertiary/aromatic N) is 1.